The second-order valence-electron chi connectivity index (χ2n) is 5.98. The molecule has 0 aliphatic carbocycles. The fourth-order valence-electron chi connectivity index (χ4n) is 3.12. The number of nitrogens with zero attached hydrogens (tertiary/aromatic N) is 2. The number of hydrogen-bond acceptors (Lipinski definition) is 3. The average Bonchev–Trinajstić information content (AvgIpc) is 2.97. The molecule has 0 radical (unpaired) electrons. The van der Waals surface area contributed by atoms with Gasteiger partial charge in [-0.3, -0.25) is 4.79 Å². The average molecular weight is 338 g/mol. The smallest absolute Gasteiger partial charge is 0.256 e. The van der Waals surface area contributed by atoms with Crippen LogP contribution in [0.2, 0.25) is 0 Å². The second kappa shape index (κ2) is 6.89. The van der Waals surface area contributed by atoms with Gasteiger partial charge in [0.15, 0.2) is 11.5 Å². The summed E-state index contributed by atoms with van der Waals surface area (Å²) in [6.07, 6.45) is 1.88. The Morgan fingerprint density at radius 3 is 2.56 bits per heavy atom. The molecule has 130 valence electrons. The molecule has 3 rings (SSSR count). The highest BCUT2D eigenvalue weighted by atomic mass is 16.5. The third-order valence-corrected chi connectivity index (χ3v) is 4.37. The number of ether oxygens (including phenoxy) is 2. The van der Waals surface area contributed by atoms with E-state index in [2.05, 4.69) is 0 Å². The third kappa shape index (κ3) is 3.05. The monoisotopic (exact) mass is 338 g/mol. The molecule has 0 N–H and O–H groups in total. The molecule has 2 aromatic carbocycles. The zero-order chi connectivity index (χ0) is 18.0. The van der Waals surface area contributed by atoms with Crippen molar-refractivity contribution in [2.45, 2.75) is 6.54 Å². The van der Waals surface area contributed by atoms with Gasteiger partial charge in [0.1, 0.15) is 0 Å². The minimum atomic E-state index is -0.0262. The summed E-state index contributed by atoms with van der Waals surface area (Å²) in [7, 11) is 6.95. The highest BCUT2D eigenvalue weighted by molar-refractivity contribution is 6.06. The van der Waals surface area contributed by atoms with Crippen LogP contribution in [-0.4, -0.2) is 36.6 Å². The SMILES string of the molecule is COc1cccc(CN(C)C(=O)c2cn(C)c3ccccc23)c1OC. The molecule has 0 saturated heterocycles. The van der Waals surface area contributed by atoms with Crippen LogP contribution in [0.25, 0.3) is 10.9 Å². The lowest BCUT2D eigenvalue weighted by atomic mass is 10.1. The molecule has 0 spiro atoms. The van der Waals surface area contributed by atoms with Crippen molar-refractivity contribution in [1.82, 2.24) is 9.47 Å². The Morgan fingerprint density at radius 2 is 1.84 bits per heavy atom. The number of fused-ring (bicyclic) bond motifs is 1. The first-order valence-electron chi connectivity index (χ1n) is 8.06. The van der Waals surface area contributed by atoms with Gasteiger partial charge in [-0.15, -0.1) is 0 Å². The van der Waals surface area contributed by atoms with Gasteiger partial charge in [-0.2, -0.15) is 0 Å². The molecule has 0 aliphatic heterocycles. The van der Waals surface area contributed by atoms with Gasteiger partial charge in [-0.1, -0.05) is 30.3 Å². The van der Waals surface area contributed by atoms with Crippen molar-refractivity contribution >= 4 is 16.8 Å². The highest BCUT2D eigenvalue weighted by Crippen LogP contribution is 2.31. The van der Waals surface area contributed by atoms with E-state index in [4.69, 9.17) is 9.47 Å². The molecule has 0 bridgehead atoms. The summed E-state index contributed by atoms with van der Waals surface area (Å²) in [6.45, 7) is 0.433. The quantitative estimate of drug-likeness (QED) is 0.715. The summed E-state index contributed by atoms with van der Waals surface area (Å²) in [5.74, 6) is 1.29. The number of rotatable bonds is 5. The maximum Gasteiger partial charge on any atom is 0.256 e. The first-order valence-corrected chi connectivity index (χ1v) is 8.06. The standard InChI is InChI=1S/C20H22N2O3/c1-21-13-16(15-9-5-6-10-17(15)21)20(23)22(2)12-14-8-7-11-18(24-3)19(14)25-4/h5-11,13H,12H2,1-4H3. The molecule has 5 nitrogen and oxygen atoms in total. The molecule has 1 heterocycles. The van der Waals surface area contributed by atoms with Crippen molar-refractivity contribution < 1.29 is 14.3 Å². The predicted octanol–water partition coefficient (Wildman–Crippen LogP) is 3.47. The highest BCUT2D eigenvalue weighted by Gasteiger charge is 2.19. The van der Waals surface area contributed by atoms with E-state index in [9.17, 15) is 4.79 Å². The van der Waals surface area contributed by atoms with E-state index >= 15 is 0 Å². The minimum Gasteiger partial charge on any atom is -0.493 e. The van der Waals surface area contributed by atoms with E-state index < -0.39 is 0 Å². The maximum absolute atomic E-state index is 13.0. The predicted molar refractivity (Wildman–Crippen MR) is 98.3 cm³/mol. The lowest BCUT2D eigenvalue weighted by Gasteiger charge is -2.19. The number of carbonyl (C=O) groups is 1. The first kappa shape index (κ1) is 16.9. The van der Waals surface area contributed by atoms with Crippen molar-refractivity contribution in [3.63, 3.8) is 0 Å². The van der Waals surface area contributed by atoms with E-state index in [1.54, 1.807) is 26.2 Å². The number of hydrogen-bond donors (Lipinski definition) is 0. The lowest BCUT2D eigenvalue weighted by molar-refractivity contribution is 0.0785. The van der Waals surface area contributed by atoms with Crippen LogP contribution in [-0.2, 0) is 13.6 Å². The Kier molecular flexibility index (Phi) is 4.65. The van der Waals surface area contributed by atoms with Gasteiger partial charge < -0.3 is 18.9 Å². The zero-order valence-corrected chi connectivity index (χ0v) is 14.9. The van der Waals surface area contributed by atoms with Crippen molar-refractivity contribution in [3.05, 3.63) is 59.8 Å². The molecule has 1 aromatic heterocycles. The van der Waals surface area contributed by atoms with Crippen LogP contribution in [0.15, 0.2) is 48.7 Å². The summed E-state index contributed by atoms with van der Waals surface area (Å²) in [4.78, 5) is 14.7. The molecule has 0 fully saturated rings. The molecule has 3 aromatic rings. The number of amides is 1. The number of methoxy groups -OCH3 is 2. The van der Waals surface area contributed by atoms with Gasteiger partial charge in [-0.25, -0.2) is 0 Å². The molecule has 1 amide bonds. The number of carbonyl (C=O) groups excluding carboxylic acids is 1. The minimum absolute atomic E-state index is 0.0262. The van der Waals surface area contributed by atoms with E-state index in [-0.39, 0.29) is 5.91 Å². The summed E-state index contributed by atoms with van der Waals surface area (Å²) in [5, 5.41) is 0.958. The topological polar surface area (TPSA) is 43.7 Å². The zero-order valence-electron chi connectivity index (χ0n) is 14.9. The molecule has 25 heavy (non-hydrogen) atoms. The Hall–Kier alpha value is -2.95. The van der Waals surface area contributed by atoms with Crippen molar-refractivity contribution in [1.29, 1.82) is 0 Å². The molecular formula is C20H22N2O3. The summed E-state index contributed by atoms with van der Waals surface area (Å²) >= 11 is 0. The molecule has 0 unspecified atom stereocenters. The fraction of sp³-hybridized carbons (Fsp3) is 0.250. The molecule has 0 saturated carbocycles. The van der Waals surface area contributed by atoms with Gasteiger partial charge in [0, 0.05) is 43.3 Å². The van der Waals surface area contributed by atoms with E-state index in [1.807, 2.05) is 60.3 Å². The maximum atomic E-state index is 13.0. The van der Waals surface area contributed by atoms with Crippen molar-refractivity contribution in [2.75, 3.05) is 21.3 Å². The van der Waals surface area contributed by atoms with Crippen LogP contribution in [0.1, 0.15) is 15.9 Å². The van der Waals surface area contributed by atoms with Crippen molar-refractivity contribution in [3.8, 4) is 11.5 Å². The molecule has 0 atom stereocenters. The van der Waals surface area contributed by atoms with Gasteiger partial charge in [0.2, 0.25) is 0 Å². The third-order valence-electron chi connectivity index (χ3n) is 4.37. The van der Waals surface area contributed by atoms with Gasteiger partial charge in [-0.05, 0) is 12.1 Å². The largest absolute Gasteiger partial charge is 0.493 e. The van der Waals surface area contributed by atoms with Crippen LogP contribution in [0.3, 0.4) is 0 Å². The van der Waals surface area contributed by atoms with Crippen LogP contribution >= 0.6 is 0 Å². The van der Waals surface area contributed by atoms with Crippen LogP contribution in [0.5, 0.6) is 11.5 Å². The Balaban J connectivity index is 1.91. The Morgan fingerprint density at radius 1 is 1.08 bits per heavy atom. The van der Waals surface area contributed by atoms with E-state index in [0.29, 0.717) is 23.6 Å². The summed E-state index contributed by atoms with van der Waals surface area (Å²) in [5.41, 5.74) is 2.64. The summed E-state index contributed by atoms with van der Waals surface area (Å²) < 4.78 is 12.8. The molecular weight excluding hydrogens is 316 g/mol. The Bertz CT molecular complexity index is 914. The molecule has 0 aliphatic rings. The van der Waals surface area contributed by atoms with Crippen LogP contribution < -0.4 is 9.47 Å². The van der Waals surface area contributed by atoms with Gasteiger partial charge >= 0.3 is 0 Å². The van der Waals surface area contributed by atoms with Crippen LogP contribution in [0.4, 0.5) is 0 Å². The van der Waals surface area contributed by atoms with E-state index in [1.165, 1.54) is 0 Å². The number of para-hydroxylation sites is 2. The number of aromatic nitrogens is 1. The second-order valence-corrected chi connectivity index (χ2v) is 5.98. The fourth-order valence-corrected chi connectivity index (χ4v) is 3.12. The van der Waals surface area contributed by atoms with Crippen LogP contribution in [0, 0.1) is 0 Å². The lowest BCUT2D eigenvalue weighted by Crippen LogP contribution is -2.26. The van der Waals surface area contributed by atoms with Crippen molar-refractivity contribution in [2.24, 2.45) is 7.05 Å². The molecule has 5 heteroatoms. The number of benzene rings is 2. The van der Waals surface area contributed by atoms with Gasteiger partial charge in [0.05, 0.1) is 19.8 Å². The Labute approximate surface area is 147 Å². The first-order chi connectivity index (χ1) is 12.1. The van der Waals surface area contributed by atoms with E-state index in [0.717, 1.165) is 16.5 Å². The number of aryl methyl sites for hydroxylation is 1. The van der Waals surface area contributed by atoms with Gasteiger partial charge in [0.25, 0.3) is 5.91 Å². The normalized spacial score (nSPS) is 10.7. The summed E-state index contributed by atoms with van der Waals surface area (Å²) in [6, 6.07) is 13.6.